The summed E-state index contributed by atoms with van der Waals surface area (Å²) in [5, 5.41) is 10.4. The molecule has 2 rings (SSSR count). The van der Waals surface area contributed by atoms with Crippen LogP contribution in [0.4, 0.5) is 5.13 Å². The van der Waals surface area contributed by atoms with Gasteiger partial charge in [-0.3, -0.25) is 15.1 Å². The zero-order valence-electron chi connectivity index (χ0n) is 7.45. The molecule has 0 radical (unpaired) electrons. The van der Waals surface area contributed by atoms with Crippen LogP contribution in [0.1, 0.15) is 10.4 Å². The van der Waals surface area contributed by atoms with E-state index in [1.807, 2.05) is 0 Å². The van der Waals surface area contributed by atoms with Crippen LogP contribution in [0.25, 0.3) is 0 Å². The third-order valence-corrected chi connectivity index (χ3v) is 2.11. The zero-order valence-corrected chi connectivity index (χ0v) is 9.09. The van der Waals surface area contributed by atoms with Crippen molar-refractivity contribution < 1.29 is 4.79 Å². The summed E-state index contributed by atoms with van der Waals surface area (Å²) in [7, 11) is 0. The number of halogens is 1. The van der Waals surface area contributed by atoms with Gasteiger partial charge in [-0.05, 0) is 12.1 Å². The van der Waals surface area contributed by atoms with Crippen LogP contribution >= 0.6 is 23.7 Å². The molecule has 0 atom stereocenters. The Balaban J connectivity index is 0.00000112. The predicted molar refractivity (Wildman–Crippen MR) is 59.3 cm³/mol. The van der Waals surface area contributed by atoms with Gasteiger partial charge in [-0.15, -0.1) is 22.6 Å². The van der Waals surface area contributed by atoms with Gasteiger partial charge in [-0.2, -0.15) is 0 Å². The quantitative estimate of drug-likeness (QED) is 0.869. The Kier molecular flexibility index (Phi) is 4.14. The van der Waals surface area contributed by atoms with Gasteiger partial charge < -0.3 is 0 Å². The minimum Gasteiger partial charge on any atom is -0.296 e. The zero-order chi connectivity index (χ0) is 9.80. The van der Waals surface area contributed by atoms with Crippen LogP contribution in [0.5, 0.6) is 0 Å². The Labute approximate surface area is 96.0 Å². The molecule has 0 saturated heterocycles. The van der Waals surface area contributed by atoms with Gasteiger partial charge in [0.15, 0.2) is 0 Å². The molecule has 0 saturated carbocycles. The van der Waals surface area contributed by atoms with Crippen LogP contribution in [0.3, 0.4) is 0 Å². The molecule has 0 fully saturated rings. The Morgan fingerprint density at radius 2 is 2.33 bits per heavy atom. The van der Waals surface area contributed by atoms with E-state index >= 15 is 0 Å². The molecule has 78 valence electrons. The summed E-state index contributed by atoms with van der Waals surface area (Å²) in [6, 6.07) is 3.39. The first-order valence-corrected chi connectivity index (χ1v) is 4.72. The molecule has 2 aromatic rings. The number of pyridine rings is 1. The molecule has 2 heterocycles. The third kappa shape index (κ3) is 2.97. The first-order chi connectivity index (χ1) is 6.86. The molecule has 7 heteroatoms. The van der Waals surface area contributed by atoms with E-state index in [2.05, 4.69) is 20.5 Å². The number of carbonyl (C=O) groups excluding carboxylic acids is 1. The maximum Gasteiger partial charge on any atom is 0.259 e. The predicted octanol–water partition coefficient (Wildman–Crippen LogP) is 1.61. The van der Waals surface area contributed by atoms with Gasteiger partial charge >= 0.3 is 0 Å². The summed E-state index contributed by atoms with van der Waals surface area (Å²) >= 11 is 1.27. The van der Waals surface area contributed by atoms with E-state index < -0.39 is 0 Å². The lowest BCUT2D eigenvalue weighted by Crippen LogP contribution is -2.11. The van der Waals surface area contributed by atoms with Gasteiger partial charge in [-0.1, -0.05) is 11.3 Å². The van der Waals surface area contributed by atoms with Crippen LogP contribution in [-0.4, -0.2) is 21.1 Å². The molecule has 0 spiro atoms. The maximum atomic E-state index is 11.5. The van der Waals surface area contributed by atoms with Gasteiger partial charge in [-0.25, -0.2) is 0 Å². The molecule has 1 amide bonds. The summed E-state index contributed by atoms with van der Waals surface area (Å²) in [6.07, 6.45) is 3.11. The molecule has 2 aromatic heterocycles. The summed E-state index contributed by atoms with van der Waals surface area (Å²) in [4.78, 5) is 15.3. The highest BCUT2D eigenvalue weighted by Gasteiger charge is 2.06. The summed E-state index contributed by atoms with van der Waals surface area (Å²) in [5.41, 5.74) is 2.06. The van der Waals surface area contributed by atoms with Crippen LogP contribution in [0, 0.1) is 0 Å². The van der Waals surface area contributed by atoms with Crippen molar-refractivity contribution in [2.45, 2.75) is 0 Å². The fraction of sp³-hybridized carbons (Fsp3) is 0. The van der Waals surface area contributed by atoms with E-state index in [4.69, 9.17) is 0 Å². The second kappa shape index (κ2) is 5.38. The third-order valence-electron chi connectivity index (χ3n) is 1.50. The van der Waals surface area contributed by atoms with E-state index in [1.165, 1.54) is 17.5 Å². The number of anilines is 1. The number of rotatable bonds is 2. The van der Waals surface area contributed by atoms with E-state index in [-0.39, 0.29) is 18.3 Å². The normalized spacial score (nSPS) is 9.07. The molecular weight excluding hydrogens is 236 g/mol. The highest BCUT2D eigenvalue weighted by molar-refractivity contribution is 7.13. The molecular formula is C8H7ClN4OS. The average molecular weight is 243 g/mol. The summed E-state index contributed by atoms with van der Waals surface area (Å²) in [6.45, 7) is 0. The van der Waals surface area contributed by atoms with Crippen LogP contribution < -0.4 is 5.32 Å². The SMILES string of the molecule is Cl.O=C(Nc1nncs1)c1cccnc1. The number of hydrogen-bond donors (Lipinski definition) is 1. The Hall–Kier alpha value is -1.53. The van der Waals surface area contributed by atoms with Crippen molar-refractivity contribution in [1.29, 1.82) is 0 Å². The lowest BCUT2D eigenvalue weighted by molar-refractivity contribution is 0.102. The number of aromatic nitrogens is 3. The average Bonchev–Trinajstić information content (AvgIpc) is 2.72. The first kappa shape index (κ1) is 11.5. The molecule has 0 aromatic carbocycles. The monoisotopic (exact) mass is 242 g/mol. The summed E-state index contributed by atoms with van der Waals surface area (Å²) < 4.78 is 0. The van der Waals surface area contributed by atoms with Crippen molar-refractivity contribution in [3.8, 4) is 0 Å². The highest BCUT2D eigenvalue weighted by atomic mass is 35.5. The largest absolute Gasteiger partial charge is 0.296 e. The van der Waals surface area contributed by atoms with Crippen LogP contribution in [0.15, 0.2) is 30.0 Å². The van der Waals surface area contributed by atoms with Gasteiger partial charge in [0.05, 0.1) is 5.56 Å². The van der Waals surface area contributed by atoms with Crippen LogP contribution in [0.2, 0.25) is 0 Å². The van der Waals surface area contributed by atoms with Crippen molar-refractivity contribution >= 4 is 34.8 Å². The Morgan fingerprint density at radius 1 is 1.47 bits per heavy atom. The van der Waals surface area contributed by atoms with Crippen molar-refractivity contribution in [3.05, 3.63) is 35.6 Å². The van der Waals surface area contributed by atoms with Crippen molar-refractivity contribution in [3.63, 3.8) is 0 Å². The van der Waals surface area contributed by atoms with Crippen LogP contribution in [-0.2, 0) is 0 Å². The summed E-state index contributed by atoms with van der Waals surface area (Å²) in [5.74, 6) is -0.227. The van der Waals surface area contributed by atoms with E-state index in [0.29, 0.717) is 10.7 Å². The lowest BCUT2D eigenvalue weighted by Gasteiger charge is -1.98. The van der Waals surface area contributed by atoms with Gasteiger partial charge in [0.25, 0.3) is 5.91 Å². The van der Waals surface area contributed by atoms with E-state index in [0.717, 1.165) is 0 Å². The molecule has 0 unspecified atom stereocenters. The Morgan fingerprint density at radius 3 is 2.93 bits per heavy atom. The van der Waals surface area contributed by atoms with E-state index in [9.17, 15) is 4.79 Å². The molecule has 0 aliphatic rings. The standard InChI is InChI=1S/C8H6N4OS.ClH/c13-7(6-2-1-3-9-4-6)11-8-12-10-5-14-8;/h1-5H,(H,11,12,13);1H. The fourth-order valence-corrected chi connectivity index (χ4v) is 1.33. The van der Waals surface area contributed by atoms with Gasteiger partial charge in [0, 0.05) is 12.4 Å². The van der Waals surface area contributed by atoms with Crippen molar-refractivity contribution in [2.75, 3.05) is 5.32 Å². The minimum absolute atomic E-state index is 0. The fourth-order valence-electron chi connectivity index (χ4n) is 0.894. The molecule has 0 bridgehead atoms. The topological polar surface area (TPSA) is 67.8 Å². The number of hydrogen-bond acceptors (Lipinski definition) is 5. The second-order valence-electron chi connectivity index (χ2n) is 2.44. The number of amides is 1. The molecule has 5 nitrogen and oxygen atoms in total. The second-order valence-corrected chi connectivity index (χ2v) is 3.27. The molecule has 0 aliphatic carbocycles. The lowest BCUT2D eigenvalue weighted by atomic mass is 10.3. The van der Waals surface area contributed by atoms with Crippen molar-refractivity contribution in [2.24, 2.45) is 0 Å². The first-order valence-electron chi connectivity index (χ1n) is 3.84. The number of nitrogens with one attached hydrogen (secondary N) is 1. The van der Waals surface area contributed by atoms with Crippen molar-refractivity contribution in [1.82, 2.24) is 15.2 Å². The highest BCUT2D eigenvalue weighted by Crippen LogP contribution is 2.09. The Bertz CT molecular complexity index is 419. The maximum absolute atomic E-state index is 11.5. The molecule has 15 heavy (non-hydrogen) atoms. The minimum atomic E-state index is -0.227. The molecule has 0 aliphatic heterocycles. The number of nitrogens with zero attached hydrogens (tertiary/aromatic N) is 3. The molecule has 1 N–H and O–H groups in total. The van der Waals surface area contributed by atoms with Gasteiger partial charge in [0.2, 0.25) is 5.13 Å². The smallest absolute Gasteiger partial charge is 0.259 e. The number of carbonyl (C=O) groups is 1. The van der Waals surface area contributed by atoms with E-state index in [1.54, 1.807) is 23.8 Å². The van der Waals surface area contributed by atoms with Gasteiger partial charge in [0.1, 0.15) is 5.51 Å².